The van der Waals surface area contributed by atoms with Crippen LogP contribution in [0.15, 0.2) is 12.2 Å². The minimum atomic E-state index is -0.0109. The first-order valence-electron chi connectivity index (χ1n) is 10.6. The summed E-state index contributed by atoms with van der Waals surface area (Å²) in [7, 11) is 0. The van der Waals surface area contributed by atoms with Crippen molar-refractivity contribution in [2.75, 3.05) is 6.61 Å². The first-order valence-corrected chi connectivity index (χ1v) is 10.6. The van der Waals surface area contributed by atoms with Gasteiger partial charge < -0.3 is 4.74 Å². The molecule has 0 aliphatic carbocycles. The van der Waals surface area contributed by atoms with Crippen molar-refractivity contribution in [1.29, 1.82) is 0 Å². The maximum Gasteiger partial charge on any atom is 0.305 e. The highest BCUT2D eigenvalue weighted by molar-refractivity contribution is 5.69. The zero-order valence-corrected chi connectivity index (χ0v) is 16.5. The Morgan fingerprint density at radius 2 is 1.17 bits per heavy atom. The Hall–Kier alpha value is -0.790. The molecule has 142 valence electrons. The lowest BCUT2D eigenvalue weighted by Gasteiger charge is -2.03. The van der Waals surface area contributed by atoms with E-state index < -0.39 is 0 Å². The summed E-state index contributed by atoms with van der Waals surface area (Å²) < 4.78 is 5.16. The van der Waals surface area contributed by atoms with Gasteiger partial charge in [-0.2, -0.15) is 0 Å². The molecular formula is C22H42O2. The van der Waals surface area contributed by atoms with Crippen LogP contribution in [0.1, 0.15) is 117 Å². The second-order valence-electron chi connectivity index (χ2n) is 6.91. The summed E-state index contributed by atoms with van der Waals surface area (Å²) >= 11 is 0. The molecule has 0 bridgehead atoms. The van der Waals surface area contributed by atoms with Gasteiger partial charge in [-0.25, -0.2) is 0 Å². The fourth-order valence-corrected chi connectivity index (χ4v) is 2.74. The lowest BCUT2D eigenvalue weighted by atomic mass is 10.1. The zero-order chi connectivity index (χ0) is 17.7. The topological polar surface area (TPSA) is 26.3 Å². The number of esters is 1. The second-order valence-corrected chi connectivity index (χ2v) is 6.91. The maximum atomic E-state index is 11.4. The Morgan fingerprint density at radius 1 is 0.667 bits per heavy atom. The Labute approximate surface area is 151 Å². The smallest absolute Gasteiger partial charge is 0.305 e. The normalized spacial score (nSPS) is 11.2. The van der Waals surface area contributed by atoms with E-state index in [0.29, 0.717) is 13.0 Å². The Balaban J connectivity index is 3.15. The molecule has 0 N–H and O–H groups in total. The van der Waals surface area contributed by atoms with Crippen LogP contribution < -0.4 is 0 Å². The average Bonchev–Trinajstić information content (AvgIpc) is 2.58. The molecule has 0 saturated carbocycles. The highest BCUT2D eigenvalue weighted by atomic mass is 16.5. The van der Waals surface area contributed by atoms with Gasteiger partial charge in [0.2, 0.25) is 0 Å². The molecule has 2 heteroatoms. The van der Waals surface area contributed by atoms with Crippen molar-refractivity contribution >= 4 is 5.97 Å². The van der Waals surface area contributed by atoms with E-state index >= 15 is 0 Å². The molecule has 0 aromatic carbocycles. The first kappa shape index (κ1) is 23.2. The van der Waals surface area contributed by atoms with E-state index in [1.54, 1.807) is 0 Å². The maximum absolute atomic E-state index is 11.4. The molecule has 0 radical (unpaired) electrons. The molecular weight excluding hydrogens is 296 g/mol. The first-order chi connectivity index (χ1) is 11.8. The fraction of sp³-hybridized carbons (Fsp3) is 0.864. The minimum absolute atomic E-state index is 0.0109. The summed E-state index contributed by atoms with van der Waals surface area (Å²) in [6.45, 7) is 4.97. The number of unbranched alkanes of at least 4 members (excludes halogenated alkanes) is 12. The summed E-state index contributed by atoms with van der Waals surface area (Å²) in [6.07, 6.45) is 24.1. The number of hydrogen-bond donors (Lipinski definition) is 0. The number of carbonyl (C=O) groups is 1. The van der Waals surface area contributed by atoms with E-state index in [4.69, 9.17) is 4.74 Å². The van der Waals surface area contributed by atoms with Crippen LogP contribution in [0.25, 0.3) is 0 Å². The van der Waals surface area contributed by atoms with Crippen LogP contribution in [-0.2, 0) is 9.53 Å². The van der Waals surface area contributed by atoms with Crippen molar-refractivity contribution in [2.45, 2.75) is 117 Å². The summed E-state index contributed by atoms with van der Waals surface area (Å²) in [5.74, 6) is -0.0109. The standard InChI is InChI=1S/C22H42O2/c1-3-5-7-8-9-10-11-12-13-14-15-16-17-18-19-20-22(23)24-21-6-4-2/h11-12H,3-10,13-21H2,1-2H3. The predicted molar refractivity (Wildman–Crippen MR) is 105 cm³/mol. The zero-order valence-electron chi connectivity index (χ0n) is 16.5. The monoisotopic (exact) mass is 338 g/mol. The van der Waals surface area contributed by atoms with Crippen molar-refractivity contribution < 1.29 is 9.53 Å². The molecule has 0 heterocycles. The average molecular weight is 339 g/mol. The number of carbonyl (C=O) groups excluding carboxylic acids is 1. The SMILES string of the molecule is CCCCCCCC=CCCCCCCCCC(=O)OCCCC. The van der Waals surface area contributed by atoms with E-state index in [1.807, 2.05) is 0 Å². The van der Waals surface area contributed by atoms with Crippen LogP contribution >= 0.6 is 0 Å². The minimum Gasteiger partial charge on any atom is -0.466 e. The van der Waals surface area contributed by atoms with Gasteiger partial charge >= 0.3 is 5.97 Å². The van der Waals surface area contributed by atoms with Gasteiger partial charge in [0.25, 0.3) is 0 Å². The van der Waals surface area contributed by atoms with Gasteiger partial charge in [0, 0.05) is 6.42 Å². The van der Waals surface area contributed by atoms with Crippen LogP contribution in [0.3, 0.4) is 0 Å². The molecule has 0 aromatic heterocycles. The highest BCUT2D eigenvalue weighted by Crippen LogP contribution is 2.10. The van der Waals surface area contributed by atoms with Gasteiger partial charge in [-0.3, -0.25) is 4.79 Å². The van der Waals surface area contributed by atoms with Crippen LogP contribution in [-0.4, -0.2) is 12.6 Å². The van der Waals surface area contributed by atoms with E-state index in [2.05, 4.69) is 26.0 Å². The van der Waals surface area contributed by atoms with Gasteiger partial charge in [-0.05, 0) is 38.5 Å². The van der Waals surface area contributed by atoms with E-state index in [0.717, 1.165) is 25.7 Å². The Bertz CT molecular complexity index is 284. The third-order valence-electron chi connectivity index (χ3n) is 4.40. The second kappa shape index (κ2) is 20.3. The lowest BCUT2D eigenvalue weighted by Crippen LogP contribution is -2.05. The molecule has 0 saturated heterocycles. The van der Waals surface area contributed by atoms with Crippen molar-refractivity contribution in [3.63, 3.8) is 0 Å². The lowest BCUT2D eigenvalue weighted by molar-refractivity contribution is -0.143. The summed E-state index contributed by atoms with van der Waals surface area (Å²) in [5.41, 5.74) is 0. The summed E-state index contributed by atoms with van der Waals surface area (Å²) in [4.78, 5) is 11.4. The Kier molecular flexibility index (Phi) is 19.6. The van der Waals surface area contributed by atoms with Gasteiger partial charge in [0.05, 0.1) is 6.61 Å². The highest BCUT2D eigenvalue weighted by Gasteiger charge is 2.01. The molecule has 0 aromatic rings. The molecule has 0 atom stereocenters. The number of ether oxygens (including phenoxy) is 1. The van der Waals surface area contributed by atoms with Crippen molar-refractivity contribution in [3.8, 4) is 0 Å². The molecule has 0 rings (SSSR count). The van der Waals surface area contributed by atoms with Gasteiger partial charge in [0.15, 0.2) is 0 Å². The van der Waals surface area contributed by atoms with Crippen LogP contribution in [0.5, 0.6) is 0 Å². The summed E-state index contributed by atoms with van der Waals surface area (Å²) in [5, 5.41) is 0. The van der Waals surface area contributed by atoms with Crippen LogP contribution in [0.2, 0.25) is 0 Å². The van der Waals surface area contributed by atoms with Crippen molar-refractivity contribution in [1.82, 2.24) is 0 Å². The van der Waals surface area contributed by atoms with Crippen molar-refractivity contribution in [2.24, 2.45) is 0 Å². The largest absolute Gasteiger partial charge is 0.466 e. The quantitative estimate of drug-likeness (QED) is 0.148. The molecule has 24 heavy (non-hydrogen) atoms. The molecule has 0 aliphatic heterocycles. The van der Waals surface area contributed by atoms with Crippen molar-refractivity contribution in [3.05, 3.63) is 12.2 Å². The molecule has 0 amide bonds. The number of rotatable bonds is 18. The Morgan fingerprint density at radius 3 is 1.75 bits per heavy atom. The predicted octanol–water partition coefficient (Wildman–Crippen LogP) is 7.37. The van der Waals surface area contributed by atoms with Crippen LogP contribution in [0.4, 0.5) is 0 Å². The third-order valence-corrected chi connectivity index (χ3v) is 4.40. The van der Waals surface area contributed by atoms with Gasteiger partial charge in [-0.15, -0.1) is 0 Å². The molecule has 0 fully saturated rings. The third kappa shape index (κ3) is 19.3. The van der Waals surface area contributed by atoms with Gasteiger partial charge in [-0.1, -0.05) is 83.8 Å². The molecule has 0 unspecified atom stereocenters. The molecule has 0 spiro atoms. The molecule has 0 aliphatic rings. The van der Waals surface area contributed by atoms with E-state index in [9.17, 15) is 4.79 Å². The number of hydrogen-bond acceptors (Lipinski definition) is 2. The number of allylic oxidation sites excluding steroid dienone is 2. The van der Waals surface area contributed by atoms with E-state index in [1.165, 1.54) is 70.6 Å². The fourth-order valence-electron chi connectivity index (χ4n) is 2.74. The van der Waals surface area contributed by atoms with Crippen LogP contribution in [0, 0.1) is 0 Å². The summed E-state index contributed by atoms with van der Waals surface area (Å²) in [6, 6.07) is 0. The molecule has 2 nitrogen and oxygen atoms in total. The van der Waals surface area contributed by atoms with E-state index in [-0.39, 0.29) is 5.97 Å². The van der Waals surface area contributed by atoms with Gasteiger partial charge in [0.1, 0.15) is 0 Å².